The van der Waals surface area contributed by atoms with Crippen LogP contribution in [0.4, 0.5) is 4.79 Å². The van der Waals surface area contributed by atoms with Crippen molar-refractivity contribution >= 4 is 6.09 Å². The van der Waals surface area contributed by atoms with Crippen LogP contribution in [0.25, 0.3) is 0 Å². The van der Waals surface area contributed by atoms with Crippen LogP contribution in [0.2, 0.25) is 0 Å². The first kappa shape index (κ1) is 16.2. The van der Waals surface area contributed by atoms with E-state index < -0.39 is 0 Å². The SMILES string of the molecule is O=C(OCCN1CCO[C@H](c2ccccc2)C1)N1CCOCC1. The van der Waals surface area contributed by atoms with Gasteiger partial charge < -0.3 is 19.1 Å². The number of rotatable bonds is 4. The van der Waals surface area contributed by atoms with Gasteiger partial charge in [0, 0.05) is 32.7 Å². The van der Waals surface area contributed by atoms with Crippen LogP contribution in [0.3, 0.4) is 0 Å². The Morgan fingerprint density at radius 2 is 1.91 bits per heavy atom. The van der Waals surface area contributed by atoms with Gasteiger partial charge in [-0.2, -0.15) is 0 Å². The summed E-state index contributed by atoms with van der Waals surface area (Å²) in [6.45, 7) is 5.99. The summed E-state index contributed by atoms with van der Waals surface area (Å²) in [5, 5.41) is 0. The van der Waals surface area contributed by atoms with Gasteiger partial charge in [0.15, 0.2) is 0 Å². The molecule has 0 N–H and O–H groups in total. The van der Waals surface area contributed by atoms with Gasteiger partial charge in [-0.15, -0.1) is 0 Å². The quantitative estimate of drug-likeness (QED) is 0.842. The van der Waals surface area contributed by atoms with E-state index in [9.17, 15) is 4.79 Å². The van der Waals surface area contributed by atoms with Gasteiger partial charge in [0.1, 0.15) is 6.61 Å². The molecule has 0 radical (unpaired) electrons. The fraction of sp³-hybridized carbons (Fsp3) is 0.588. The molecule has 2 fully saturated rings. The third-order valence-electron chi connectivity index (χ3n) is 4.22. The Kier molecular flexibility index (Phi) is 5.85. The number of carbonyl (C=O) groups excluding carboxylic acids is 1. The topological polar surface area (TPSA) is 51.2 Å². The number of hydrogen-bond acceptors (Lipinski definition) is 5. The van der Waals surface area contributed by atoms with Crippen molar-refractivity contribution in [1.82, 2.24) is 9.80 Å². The van der Waals surface area contributed by atoms with Crippen molar-refractivity contribution in [2.75, 3.05) is 59.2 Å². The fourth-order valence-corrected chi connectivity index (χ4v) is 2.87. The zero-order valence-corrected chi connectivity index (χ0v) is 13.4. The fourth-order valence-electron chi connectivity index (χ4n) is 2.87. The molecule has 2 heterocycles. The third kappa shape index (κ3) is 4.67. The van der Waals surface area contributed by atoms with E-state index in [-0.39, 0.29) is 12.2 Å². The van der Waals surface area contributed by atoms with Gasteiger partial charge in [0.2, 0.25) is 0 Å². The largest absolute Gasteiger partial charge is 0.448 e. The molecule has 0 aromatic heterocycles. The van der Waals surface area contributed by atoms with Crippen molar-refractivity contribution in [3.8, 4) is 0 Å². The minimum Gasteiger partial charge on any atom is -0.448 e. The summed E-state index contributed by atoms with van der Waals surface area (Å²) in [4.78, 5) is 15.9. The second kappa shape index (κ2) is 8.29. The van der Waals surface area contributed by atoms with E-state index in [1.165, 1.54) is 5.56 Å². The Bertz CT molecular complexity index is 491. The maximum Gasteiger partial charge on any atom is 0.409 e. The summed E-state index contributed by atoms with van der Waals surface area (Å²) < 4.78 is 16.5. The van der Waals surface area contributed by atoms with E-state index in [1.54, 1.807) is 4.90 Å². The van der Waals surface area contributed by atoms with Gasteiger partial charge in [-0.05, 0) is 5.56 Å². The van der Waals surface area contributed by atoms with Gasteiger partial charge in [-0.25, -0.2) is 4.79 Å². The van der Waals surface area contributed by atoms with E-state index in [0.29, 0.717) is 39.5 Å². The number of carbonyl (C=O) groups is 1. The first-order valence-corrected chi connectivity index (χ1v) is 8.21. The molecule has 1 aromatic carbocycles. The molecule has 6 nitrogen and oxygen atoms in total. The van der Waals surface area contributed by atoms with Crippen molar-refractivity contribution in [3.63, 3.8) is 0 Å². The van der Waals surface area contributed by atoms with Gasteiger partial charge >= 0.3 is 6.09 Å². The Hall–Kier alpha value is -1.63. The van der Waals surface area contributed by atoms with Crippen LogP contribution in [0.15, 0.2) is 30.3 Å². The summed E-state index contributed by atoms with van der Waals surface area (Å²) in [7, 11) is 0. The molecule has 6 heteroatoms. The number of benzene rings is 1. The predicted molar refractivity (Wildman–Crippen MR) is 85.3 cm³/mol. The molecular formula is C17H24N2O4. The van der Waals surface area contributed by atoms with Crippen LogP contribution in [0.5, 0.6) is 0 Å². The lowest BCUT2D eigenvalue weighted by Crippen LogP contribution is -2.43. The highest BCUT2D eigenvalue weighted by Gasteiger charge is 2.22. The van der Waals surface area contributed by atoms with E-state index in [4.69, 9.17) is 14.2 Å². The van der Waals surface area contributed by atoms with Crippen molar-refractivity contribution < 1.29 is 19.0 Å². The Balaban J connectivity index is 1.40. The molecule has 126 valence electrons. The van der Waals surface area contributed by atoms with Crippen LogP contribution in [-0.2, 0) is 14.2 Å². The Morgan fingerprint density at radius 3 is 2.70 bits per heavy atom. The molecule has 0 unspecified atom stereocenters. The van der Waals surface area contributed by atoms with Crippen LogP contribution in [0.1, 0.15) is 11.7 Å². The first-order valence-electron chi connectivity index (χ1n) is 8.21. The molecule has 0 bridgehead atoms. The van der Waals surface area contributed by atoms with Gasteiger partial charge in [-0.1, -0.05) is 30.3 Å². The summed E-state index contributed by atoms with van der Waals surface area (Å²) in [5.74, 6) is 0. The minimum absolute atomic E-state index is 0.0971. The molecule has 1 atom stereocenters. The van der Waals surface area contributed by atoms with Gasteiger partial charge in [-0.3, -0.25) is 4.90 Å². The van der Waals surface area contributed by atoms with E-state index in [1.807, 2.05) is 18.2 Å². The number of nitrogens with zero attached hydrogens (tertiary/aromatic N) is 2. The van der Waals surface area contributed by atoms with Crippen molar-refractivity contribution in [1.29, 1.82) is 0 Å². The molecule has 2 saturated heterocycles. The zero-order chi connectivity index (χ0) is 15.9. The van der Waals surface area contributed by atoms with E-state index in [2.05, 4.69) is 17.0 Å². The lowest BCUT2D eigenvalue weighted by molar-refractivity contribution is -0.0363. The first-order chi connectivity index (χ1) is 11.3. The molecule has 0 spiro atoms. The van der Waals surface area contributed by atoms with E-state index >= 15 is 0 Å². The van der Waals surface area contributed by atoms with Crippen LogP contribution in [0, 0.1) is 0 Å². The predicted octanol–water partition coefficient (Wildman–Crippen LogP) is 1.53. The number of morpholine rings is 2. The summed E-state index contributed by atoms with van der Waals surface area (Å²) >= 11 is 0. The summed E-state index contributed by atoms with van der Waals surface area (Å²) in [6.07, 6.45) is -0.138. The molecule has 1 aromatic rings. The van der Waals surface area contributed by atoms with Crippen molar-refractivity contribution in [2.24, 2.45) is 0 Å². The number of amides is 1. The molecule has 0 saturated carbocycles. The van der Waals surface area contributed by atoms with Crippen molar-refractivity contribution in [3.05, 3.63) is 35.9 Å². The average Bonchev–Trinajstić information content (AvgIpc) is 2.63. The smallest absolute Gasteiger partial charge is 0.409 e. The minimum atomic E-state index is -0.235. The third-order valence-corrected chi connectivity index (χ3v) is 4.22. The standard InChI is InChI=1S/C17H24N2O4/c20-17(19-8-10-21-11-9-19)23-13-7-18-6-12-22-16(14-18)15-4-2-1-3-5-15/h1-5,16H,6-14H2/t16-/m0/s1. The normalized spacial score (nSPS) is 22.8. The highest BCUT2D eigenvalue weighted by molar-refractivity contribution is 5.67. The van der Waals surface area contributed by atoms with Gasteiger partial charge in [0.25, 0.3) is 0 Å². The highest BCUT2D eigenvalue weighted by Crippen LogP contribution is 2.21. The maximum atomic E-state index is 11.9. The van der Waals surface area contributed by atoms with Crippen LogP contribution in [-0.4, -0.2) is 75.0 Å². The monoisotopic (exact) mass is 320 g/mol. The lowest BCUT2D eigenvalue weighted by Gasteiger charge is -2.33. The molecule has 1 amide bonds. The zero-order valence-electron chi connectivity index (χ0n) is 13.4. The number of hydrogen-bond donors (Lipinski definition) is 0. The average molecular weight is 320 g/mol. The maximum absolute atomic E-state index is 11.9. The molecule has 23 heavy (non-hydrogen) atoms. The number of ether oxygens (including phenoxy) is 3. The summed E-state index contributed by atoms with van der Waals surface area (Å²) in [6, 6.07) is 10.2. The second-order valence-electron chi connectivity index (χ2n) is 5.78. The Morgan fingerprint density at radius 1 is 1.13 bits per heavy atom. The van der Waals surface area contributed by atoms with Gasteiger partial charge in [0.05, 0.1) is 25.9 Å². The lowest BCUT2D eigenvalue weighted by atomic mass is 10.1. The van der Waals surface area contributed by atoms with Crippen LogP contribution >= 0.6 is 0 Å². The summed E-state index contributed by atoms with van der Waals surface area (Å²) in [5.41, 5.74) is 1.20. The molecule has 3 rings (SSSR count). The molecular weight excluding hydrogens is 296 g/mol. The molecule has 0 aliphatic carbocycles. The molecule has 2 aliphatic rings. The second-order valence-corrected chi connectivity index (χ2v) is 5.78. The van der Waals surface area contributed by atoms with E-state index in [0.717, 1.165) is 19.6 Å². The Labute approximate surface area is 136 Å². The molecule has 2 aliphatic heterocycles. The van der Waals surface area contributed by atoms with Crippen molar-refractivity contribution in [2.45, 2.75) is 6.10 Å². The van der Waals surface area contributed by atoms with Crippen LogP contribution < -0.4 is 0 Å². The highest BCUT2D eigenvalue weighted by atomic mass is 16.6.